The molecule has 4 heteroatoms. The molecule has 0 saturated carbocycles. The Hall–Kier alpha value is -1.45. The minimum atomic E-state index is -0.794. The number of rotatable bonds is 4. The van der Waals surface area contributed by atoms with Crippen molar-refractivity contribution in [3.63, 3.8) is 0 Å². The van der Waals surface area contributed by atoms with Crippen molar-refractivity contribution in [1.29, 1.82) is 0 Å². The molecule has 1 aromatic heterocycles. The Kier molecular flexibility index (Phi) is 3.56. The van der Waals surface area contributed by atoms with Crippen molar-refractivity contribution in [3.05, 3.63) is 23.8 Å². The van der Waals surface area contributed by atoms with Crippen LogP contribution in [0.3, 0.4) is 0 Å². The van der Waals surface area contributed by atoms with Crippen molar-refractivity contribution < 1.29 is 9.90 Å². The summed E-state index contributed by atoms with van der Waals surface area (Å²) < 4.78 is 0. The quantitative estimate of drug-likeness (QED) is 0.791. The van der Waals surface area contributed by atoms with E-state index in [0.29, 0.717) is 12.3 Å². The van der Waals surface area contributed by atoms with E-state index in [1.165, 1.54) is 0 Å². The maximum Gasteiger partial charge on any atom is 0.303 e. The van der Waals surface area contributed by atoms with Gasteiger partial charge in [-0.3, -0.25) is 4.79 Å². The molecule has 0 atom stereocenters. The lowest BCUT2D eigenvalue weighted by atomic mass is 10.1. The van der Waals surface area contributed by atoms with Crippen molar-refractivity contribution in [2.75, 3.05) is 0 Å². The standard InChI is InChI=1S/C10H14N2O2/c1-7(2)10-11-5-8(6-12-10)3-4-9(13)14/h5-7H,3-4H2,1-2H3,(H,13,14). The maximum atomic E-state index is 10.3. The van der Waals surface area contributed by atoms with Crippen LogP contribution in [0.1, 0.15) is 37.6 Å². The van der Waals surface area contributed by atoms with E-state index in [4.69, 9.17) is 5.11 Å². The van der Waals surface area contributed by atoms with Gasteiger partial charge in [0.1, 0.15) is 5.82 Å². The van der Waals surface area contributed by atoms with Gasteiger partial charge in [-0.2, -0.15) is 0 Å². The van der Waals surface area contributed by atoms with E-state index in [0.717, 1.165) is 11.4 Å². The Balaban J connectivity index is 2.59. The smallest absolute Gasteiger partial charge is 0.303 e. The van der Waals surface area contributed by atoms with Gasteiger partial charge in [-0.05, 0) is 12.0 Å². The third-order valence-corrected chi connectivity index (χ3v) is 1.87. The summed E-state index contributed by atoms with van der Waals surface area (Å²) in [6.07, 6.45) is 4.02. The Morgan fingerprint density at radius 3 is 2.43 bits per heavy atom. The lowest BCUT2D eigenvalue weighted by Gasteiger charge is -2.03. The summed E-state index contributed by atoms with van der Waals surface area (Å²) in [4.78, 5) is 18.6. The second kappa shape index (κ2) is 4.69. The molecule has 0 aliphatic heterocycles. The number of aryl methyl sites for hydroxylation is 1. The highest BCUT2D eigenvalue weighted by Crippen LogP contribution is 2.08. The van der Waals surface area contributed by atoms with Gasteiger partial charge >= 0.3 is 5.97 Å². The Morgan fingerprint density at radius 1 is 1.43 bits per heavy atom. The molecular weight excluding hydrogens is 180 g/mol. The zero-order valence-electron chi connectivity index (χ0n) is 8.40. The second-order valence-electron chi connectivity index (χ2n) is 3.50. The number of aliphatic carboxylic acids is 1. The first-order chi connectivity index (χ1) is 6.59. The Morgan fingerprint density at radius 2 is 2.00 bits per heavy atom. The number of hydrogen-bond acceptors (Lipinski definition) is 3. The molecule has 0 amide bonds. The average Bonchev–Trinajstić information content (AvgIpc) is 2.15. The highest BCUT2D eigenvalue weighted by Gasteiger charge is 2.03. The van der Waals surface area contributed by atoms with E-state index in [2.05, 4.69) is 9.97 Å². The molecule has 0 fully saturated rings. The minimum Gasteiger partial charge on any atom is -0.481 e. The van der Waals surface area contributed by atoms with Gasteiger partial charge in [0, 0.05) is 24.7 Å². The monoisotopic (exact) mass is 194 g/mol. The fraction of sp³-hybridized carbons (Fsp3) is 0.500. The highest BCUT2D eigenvalue weighted by molar-refractivity contribution is 5.67. The van der Waals surface area contributed by atoms with Crippen LogP contribution in [0.25, 0.3) is 0 Å². The third-order valence-electron chi connectivity index (χ3n) is 1.87. The first-order valence-corrected chi connectivity index (χ1v) is 4.62. The van der Waals surface area contributed by atoms with Crippen LogP contribution in [0.4, 0.5) is 0 Å². The zero-order valence-corrected chi connectivity index (χ0v) is 8.40. The lowest BCUT2D eigenvalue weighted by Crippen LogP contribution is -2.01. The van der Waals surface area contributed by atoms with E-state index in [1.54, 1.807) is 12.4 Å². The number of nitrogens with zero attached hydrogens (tertiary/aromatic N) is 2. The summed E-state index contributed by atoms with van der Waals surface area (Å²) in [6.45, 7) is 4.04. The van der Waals surface area contributed by atoms with Gasteiger partial charge in [0.2, 0.25) is 0 Å². The molecule has 0 aliphatic carbocycles. The number of carbonyl (C=O) groups is 1. The molecule has 4 nitrogen and oxygen atoms in total. The van der Waals surface area contributed by atoms with Crippen LogP contribution in [0.2, 0.25) is 0 Å². The van der Waals surface area contributed by atoms with Crippen molar-refractivity contribution >= 4 is 5.97 Å². The second-order valence-corrected chi connectivity index (χ2v) is 3.50. The van der Waals surface area contributed by atoms with Crippen LogP contribution in [-0.4, -0.2) is 21.0 Å². The largest absolute Gasteiger partial charge is 0.481 e. The highest BCUT2D eigenvalue weighted by atomic mass is 16.4. The topological polar surface area (TPSA) is 63.1 Å². The predicted octanol–water partition coefficient (Wildman–Crippen LogP) is 1.62. The van der Waals surface area contributed by atoms with Crippen LogP contribution in [0.5, 0.6) is 0 Å². The van der Waals surface area contributed by atoms with Crippen molar-refractivity contribution in [2.45, 2.75) is 32.6 Å². The Bertz CT molecular complexity index is 306. The van der Waals surface area contributed by atoms with Crippen LogP contribution in [-0.2, 0) is 11.2 Å². The number of hydrogen-bond donors (Lipinski definition) is 1. The molecule has 0 bridgehead atoms. The van der Waals surface area contributed by atoms with Gasteiger partial charge in [0.15, 0.2) is 0 Å². The van der Waals surface area contributed by atoms with Gasteiger partial charge in [-0.1, -0.05) is 13.8 Å². The number of carboxylic acids is 1. The van der Waals surface area contributed by atoms with E-state index in [1.807, 2.05) is 13.8 Å². The van der Waals surface area contributed by atoms with Gasteiger partial charge in [0.05, 0.1) is 0 Å². The molecule has 0 saturated heterocycles. The predicted molar refractivity (Wildman–Crippen MR) is 52.1 cm³/mol. The maximum absolute atomic E-state index is 10.3. The summed E-state index contributed by atoms with van der Waals surface area (Å²) in [5.74, 6) is 0.311. The molecule has 0 unspecified atom stereocenters. The molecule has 0 spiro atoms. The molecular formula is C10H14N2O2. The molecule has 1 aromatic rings. The molecule has 1 heterocycles. The molecule has 76 valence electrons. The number of carboxylic acid groups (broad SMARTS) is 1. The van der Waals surface area contributed by atoms with E-state index < -0.39 is 5.97 Å². The van der Waals surface area contributed by atoms with Crippen molar-refractivity contribution in [1.82, 2.24) is 9.97 Å². The first-order valence-electron chi connectivity index (χ1n) is 4.62. The summed E-state index contributed by atoms with van der Waals surface area (Å²) in [7, 11) is 0. The lowest BCUT2D eigenvalue weighted by molar-refractivity contribution is -0.136. The fourth-order valence-electron chi connectivity index (χ4n) is 1.04. The van der Waals surface area contributed by atoms with Crippen molar-refractivity contribution in [3.8, 4) is 0 Å². The fourth-order valence-corrected chi connectivity index (χ4v) is 1.04. The summed E-state index contributed by atoms with van der Waals surface area (Å²) >= 11 is 0. The summed E-state index contributed by atoms with van der Waals surface area (Å²) in [5, 5.41) is 8.48. The molecule has 1 N–H and O–H groups in total. The van der Waals surface area contributed by atoms with Crippen LogP contribution < -0.4 is 0 Å². The normalized spacial score (nSPS) is 10.5. The minimum absolute atomic E-state index is 0.129. The first kappa shape index (κ1) is 10.6. The van der Waals surface area contributed by atoms with E-state index in [-0.39, 0.29) is 6.42 Å². The summed E-state index contributed by atoms with van der Waals surface area (Å²) in [5.41, 5.74) is 0.872. The van der Waals surface area contributed by atoms with Crippen LogP contribution in [0.15, 0.2) is 12.4 Å². The van der Waals surface area contributed by atoms with E-state index in [9.17, 15) is 4.79 Å². The van der Waals surface area contributed by atoms with Crippen molar-refractivity contribution in [2.24, 2.45) is 0 Å². The van der Waals surface area contributed by atoms with Crippen LogP contribution >= 0.6 is 0 Å². The van der Waals surface area contributed by atoms with Gasteiger partial charge in [0.25, 0.3) is 0 Å². The number of aromatic nitrogens is 2. The third kappa shape index (κ3) is 3.12. The van der Waals surface area contributed by atoms with E-state index >= 15 is 0 Å². The summed E-state index contributed by atoms with van der Waals surface area (Å²) in [6, 6.07) is 0. The van der Waals surface area contributed by atoms with Gasteiger partial charge in [-0.25, -0.2) is 9.97 Å². The molecule has 0 aliphatic rings. The average molecular weight is 194 g/mol. The zero-order chi connectivity index (χ0) is 10.6. The van der Waals surface area contributed by atoms with Gasteiger partial charge in [-0.15, -0.1) is 0 Å². The molecule has 14 heavy (non-hydrogen) atoms. The SMILES string of the molecule is CC(C)c1ncc(CCC(=O)O)cn1. The Labute approximate surface area is 83.0 Å². The molecule has 0 aromatic carbocycles. The molecule has 1 rings (SSSR count). The van der Waals surface area contributed by atoms with Crippen LogP contribution in [0, 0.1) is 0 Å². The van der Waals surface area contributed by atoms with Gasteiger partial charge < -0.3 is 5.11 Å². The molecule has 0 radical (unpaired) electrons.